The van der Waals surface area contributed by atoms with Crippen LogP contribution in [0.1, 0.15) is 40.7 Å². The fourth-order valence-electron chi connectivity index (χ4n) is 5.58. The van der Waals surface area contributed by atoms with Gasteiger partial charge in [-0.15, -0.1) is 0 Å². The number of fused-ring (bicyclic) bond motifs is 2. The van der Waals surface area contributed by atoms with E-state index in [1.54, 1.807) is 23.1 Å². The van der Waals surface area contributed by atoms with E-state index < -0.39 is 11.7 Å². The molecule has 1 spiro atoms. The Morgan fingerprint density at radius 2 is 1.95 bits per heavy atom. The number of β-amino-alcohol motifs (C(OH)–C–C–N with tert-alkyl or cyclic N) is 1. The summed E-state index contributed by atoms with van der Waals surface area (Å²) in [6.07, 6.45) is 3.19. The number of rotatable bonds is 6. The average Bonchev–Trinajstić information content (AvgIpc) is 2.84. The molecule has 3 aliphatic heterocycles. The first-order chi connectivity index (χ1) is 17.9. The summed E-state index contributed by atoms with van der Waals surface area (Å²) in [6, 6.07) is 13.2. The number of hydrogen-bond acceptors (Lipinski definition) is 6. The number of carbonyl (C=O) groups excluding carboxylic acids is 3. The third-order valence-electron chi connectivity index (χ3n) is 8.04. The number of hydrogen-bond donors (Lipinski definition) is 3. The second kappa shape index (κ2) is 9.46. The number of aliphatic hydroxyl groups is 1. The quantitative estimate of drug-likeness (QED) is 0.551. The molecule has 194 valence electrons. The van der Waals surface area contributed by atoms with E-state index in [2.05, 4.69) is 33.7 Å². The largest absolute Gasteiger partial charge is 0.471 e. The molecule has 0 aromatic heterocycles. The number of likely N-dealkylation sites (tertiary alicyclic amines) is 1. The van der Waals surface area contributed by atoms with E-state index in [1.165, 1.54) is 11.1 Å². The maximum atomic E-state index is 12.8. The van der Waals surface area contributed by atoms with Crippen molar-refractivity contribution in [2.24, 2.45) is 5.92 Å². The molecule has 3 amide bonds. The zero-order chi connectivity index (χ0) is 25.6. The molecule has 0 unspecified atom stereocenters. The molecule has 2 fully saturated rings. The second-order valence-corrected chi connectivity index (χ2v) is 10.7. The molecule has 4 aliphatic rings. The lowest BCUT2D eigenvalue weighted by Gasteiger charge is -2.51. The zero-order valence-corrected chi connectivity index (χ0v) is 20.7. The van der Waals surface area contributed by atoms with E-state index in [1.807, 2.05) is 6.07 Å². The fraction of sp³-hybridized carbons (Fsp3) is 0.464. The van der Waals surface area contributed by atoms with Crippen LogP contribution in [0.4, 0.5) is 5.69 Å². The lowest BCUT2D eigenvalue weighted by molar-refractivity contribution is -0.165. The maximum Gasteiger partial charge on any atom is 0.272 e. The molecule has 1 saturated heterocycles. The predicted molar refractivity (Wildman–Crippen MR) is 136 cm³/mol. The van der Waals surface area contributed by atoms with Crippen LogP contribution >= 0.6 is 0 Å². The van der Waals surface area contributed by atoms with Gasteiger partial charge < -0.3 is 25.4 Å². The van der Waals surface area contributed by atoms with Crippen LogP contribution in [-0.2, 0) is 22.6 Å². The number of amides is 3. The molecule has 9 heteroatoms. The van der Waals surface area contributed by atoms with Gasteiger partial charge in [-0.1, -0.05) is 30.7 Å². The monoisotopic (exact) mass is 504 g/mol. The van der Waals surface area contributed by atoms with Crippen LogP contribution in [0.2, 0.25) is 0 Å². The van der Waals surface area contributed by atoms with Crippen LogP contribution in [-0.4, -0.2) is 77.1 Å². The number of ether oxygens (including phenoxy) is 1. The minimum Gasteiger partial charge on any atom is -0.471 e. The summed E-state index contributed by atoms with van der Waals surface area (Å²) < 4.78 is 6.04. The molecule has 9 nitrogen and oxygen atoms in total. The number of carbonyl (C=O) groups is 3. The summed E-state index contributed by atoms with van der Waals surface area (Å²) in [4.78, 5) is 41.9. The van der Waals surface area contributed by atoms with Crippen molar-refractivity contribution in [2.75, 3.05) is 38.0 Å². The fourth-order valence-corrected chi connectivity index (χ4v) is 5.58. The molecule has 1 aliphatic carbocycles. The maximum absolute atomic E-state index is 12.8. The Balaban J connectivity index is 1.01. The van der Waals surface area contributed by atoms with E-state index in [9.17, 15) is 19.5 Å². The third-order valence-corrected chi connectivity index (χ3v) is 8.04. The van der Waals surface area contributed by atoms with Crippen molar-refractivity contribution in [3.63, 3.8) is 0 Å². The van der Waals surface area contributed by atoms with Gasteiger partial charge in [0.05, 0.1) is 24.9 Å². The number of benzene rings is 2. The van der Waals surface area contributed by atoms with Gasteiger partial charge in [-0.2, -0.15) is 0 Å². The van der Waals surface area contributed by atoms with Crippen molar-refractivity contribution in [1.29, 1.82) is 0 Å². The SMILES string of the molecule is O=C(NC[C@H](O)CN1CCc2ccccc2C1)c1ccc2c(c1)NC(=O)C1(CN(C(=O)C3CCC3)C1)O2. The summed E-state index contributed by atoms with van der Waals surface area (Å²) in [5, 5.41) is 16.2. The first-order valence-electron chi connectivity index (χ1n) is 13.1. The van der Waals surface area contributed by atoms with Gasteiger partial charge in [0.15, 0.2) is 0 Å². The molecule has 3 heterocycles. The van der Waals surface area contributed by atoms with Gasteiger partial charge in [-0.3, -0.25) is 19.3 Å². The number of aliphatic hydroxyl groups excluding tert-OH is 1. The molecule has 2 aromatic carbocycles. The predicted octanol–water partition coefficient (Wildman–Crippen LogP) is 1.55. The Kier molecular flexibility index (Phi) is 6.12. The molecule has 1 saturated carbocycles. The molecule has 0 radical (unpaired) electrons. The van der Waals surface area contributed by atoms with Crippen molar-refractivity contribution in [1.82, 2.24) is 15.1 Å². The van der Waals surface area contributed by atoms with E-state index in [0.29, 0.717) is 23.5 Å². The zero-order valence-electron chi connectivity index (χ0n) is 20.7. The van der Waals surface area contributed by atoms with Crippen LogP contribution in [0.5, 0.6) is 5.75 Å². The number of nitrogens with zero attached hydrogens (tertiary/aromatic N) is 2. The van der Waals surface area contributed by atoms with Gasteiger partial charge in [0.1, 0.15) is 5.75 Å². The van der Waals surface area contributed by atoms with E-state index in [-0.39, 0.29) is 43.3 Å². The number of anilines is 1. The van der Waals surface area contributed by atoms with E-state index in [0.717, 1.165) is 38.8 Å². The highest BCUT2D eigenvalue weighted by Gasteiger charge is 2.56. The van der Waals surface area contributed by atoms with Gasteiger partial charge in [-0.25, -0.2) is 0 Å². The molecule has 0 bridgehead atoms. The standard InChI is InChI=1S/C28H32N4O5/c33-22(15-31-11-10-18-4-1-2-5-21(18)14-31)13-29-25(34)20-8-9-24-23(12-20)30-27(36)28(37-24)16-32(17-28)26(35)19-6-3-7-19/h1-2,4-5,8-9,12,19,22,33H,3,6-7,10-11,13-17H2,(H,29,34)(H,30,36)/t22-/m0/s1. The first kappa shape index (κ1) is 23.9. The molecule has 1 atom stereocenters. The topological polar surface area (TPSA) is 111 Å². The highest BCUT2D eigenvalue weighted by molar-refractivity contribution is 6.04. The number of nitrogens with one attached hydrogen (secondary N) is 2. The van der Waals surface area contributed by atoms with Crippen molar-refractivity contribution < 1.29 is 24.2 Å². The lowest BCUT2D eigenvalue weighted by atomic mass is 9.81. The first-order valence-corrected chi connectivity index (χ1v) is 13.1. The van der Waals surface area contributed by atoms with Gasteiger partial charge in [0.2, 0.25) is 11.5 Å². The lowest BCUT2D eigenvalue weighted by Crippen LogP contribution is -2.73. The Morgan fingerprint density at radius 3 is 2.70 bits per heavy atom. The van der Waals surface area contributed by atoms with Crippen molar-refractivity contribution in [3.05, 3.63) is 59.2 Å². The van der Waals surface area contributed by atoms with Gasteiger partial charge in [-0.05, 0) is 48.6 Å². The average molecular weight is 505 g/mol. The van der Waals surface area contributed by atoms with E-state index in [4.69, 9.17) is 4.74 Å². The van der Waals surface area contributed by atoms with Crippen LogP contribution in [0.15, 0.2) is 42.5 Å². The Bertz CT molecular complexity index is 1240. The normalized spacial score (nSPS) is 21.0. The smallest absolute Gasteiger partial charge is 0.272 e. The summed E-state index contributed by atoms with van der Waals surface area (Å²) in [5.74, 6) is 0.0539. The summed E-state index contributed by atoms with van der Waals surface area (Å²) >= 11 is 0. The van der Waals surface area contributed by atoms with Crippen molar-refractivity contribution >= 4 is 23.4 Å². The Hall–Kier alpha value is -3.43. The van der Waals surface area contributed by atoms with Gasteiger partial charge in [0.25, 0.3) is 11.8 Å². The molecular formula is C28H32N4O5. The highest BCUT2D eigenvalue weighted by Crippen LogP contribution is 2.40. The molecule has 2 aromatic rings. The molecule has 37 heavy (non-hydrogen) atoms. The highest BCUT2D eigenvalue weighted by atomic mass is 16.5. The Morgan fingerprint density at radius 1 is 1.16 bits per heavy atom. The molecular weight excluding hydrogens is 472 g/mol. The Labute approximate surface area is 215 Å². The summed E-state index contributed by atoms with van der Waals surface area (Å²) in [6.45, 7) is 2.77. The van der Waals surface area contributed by atoms with Crippen LogP contribution in [0.3, 0.4) is 0 Å². The van der Waals surface area contributed by atoms with Crippen LogP contribution in [0, 0.1) is 5.92 Å². The summed E-state index contributed by atoms with van der Waals surface area (Å²) in [7, 11) is 0. The minimum atomic E-state index is -1.06. The minimum absolute atomic E-state index is 0.0902. The van der Waals surface area contributed by atoms with Crippen LogP contribution < -0.4 is 15.4 Å². The van der Waals surface area contributed by atoms with Gasteiger partial charge in [0, 0.05) is 37.7 Å². The molecule has 3 N–H and O–H groups in total. The molecule has 6 rings (SSSR count). The van der Waals surface area contributed by atoms with Crippen molar-refractivity contribution in [2.45, 2.75) is 43.9 Å². The summed E-state index contributed by atoms with van der Waals surface area (Å²) in [5.41, 5.74) is 2.37. The second-order valence-electron chi connectivity index (χ2n) is 10.7. The third kappa shape index (κ3) is 4.57. The van der Waals surface area contributed by atoms with Gasteiger partial charge >= 0.3 is 0 Å². The van der Waals surface area contributed by atoms with Crippen LogP contribution in [0.25, 0.3) is 0 Å². The van der Waals surface area contributed by atoms with E-state index >= 15 is 0 Å². The van der Waals surface area contributed by atoms with Crippen molar-refractivity contribution in [3.8, 4) is 5.75 Å².